The van der Waals surface area contributed by atoms with E-state index in [2.05, 4.69) is 0 Å². The Morgan fingerprint density at radius 1 is 1.42 bits per heavy atom. The Hall–Kier alpha value is -1.59. The van der Waals surface area contributed by atoms with Gasteiger partial charge >= 0.3 is 5.97 Å². The number of carbonyl (C=O) groups excluding carboxylic acids is 1. The number of benzene rings is 1. The summed E-state index contributed by atoms with van der Waals surface area (Å²) in [6.45, 7) is 0.632. The maximum atomic E-state index is 11.8. The lowest BCUT2D eigenvalue weighted by molar-refractivity contribution is -0.152. The normalized spacial score (nSPS) is 19.5. The highest BCUT2D eigenvalue weighted by Gasteiger charge is 2.30. The number of aliphatic carboxylic acids is 1. The van der Waals surface area contributed by atoms with E-state index in [0.29, 0.717) is 11.6 Å². The quantitative estimate of drug-likeness (QED) is 0.910. The third kappa shape index (κ3) is 3.68. The van der Waals surface area contributed by atoms with Crippen LogP contribution in [0.4, 0.5) is 0 Å². The molecule has 0 radical (unpaired) electrons. The molecule has 1 aromatic carbocycles. The summed E-state index contributed by atoms with van der Waals surface area (Å²) in [6, 6.07) is 6.71. The summed E-state index contributed by atoms with van der Waals surface area (Å²) in [5.74, 6) is -1.13. The van der Waals surface area contributed by atoms with Crippen molar-refractivity contribution >= 4 is 23.5 Å². The molecular formula is C13H14ClNO4. The van der Waals surface area contributed by atoms with Crippen LogP contribution in [0.15, 0.2) is 24.3 Å². The second-order valence-electron chi connectivity index (χ2n) is 4.41. The highest BCUT2D eigenvalue weighted by molar-refractivity contribution is 6.30. The molecule has 0 spiro atoms. The van der Waals surface area contributed by atoms with E-state index in [-0.39, 0.29) is 25.5 Å². The molecule has 1 atom stereocenters. The minimum Gasteiger partial charge on any atom is -0.481 e. The molecule has 1 saturated heterocycles. The largest absolute Gasteiger partial charge is 0.481 e. The molecule has 102 valence electrons. The van der Waals surface area contributed by atoms with E-state index in [1.165, 1.54) is 0 Å². The van der Waals surface area contributed by atoms with Crippen LogP contribution in [-0.2, 0) is 20.9 Å². The summed E-state index contributed by atoms with van der Waals surface area (Å²) in [7, 11) is 0. The molecule has 0 bridgehead atoms. The smallest absolute Gasteiger partial charge is 0.305 e. The number of ether oxygens (including phenoxy) is 1. The molecule has 1 aromatic rings. The first-order valence-corrected chi connectivity index (χ1v) is 6.27. The summed E-state index contributed by atoms with van der Waals surface area (Å²) in [5.41, 5.74) is 0.912. The second-order valence-corrected chi connectivity index (χ2v) is 4.85. The SMILES string of the molecule is O=C(O)CC1COCC(=O)N1Cc1ccc(Cl)cc1. The topological polar surface area (TPSA) is 66.8 Å². The summed E-state index contributed by atoms with van der Waals surface area (Å²) < 4.78 is 5.11. The first kappa shape index (κ1) is 13.8. The summed E-state index contributed by atoms with van der Waals surface area (Å²) in [4.78, 5) is 24.2. The Labute approximate surface area is 115 Å². The average Bonchev–Trinajstić information content (AvgIpc) is 2.35. The van der Waals surface area contributed by atoms with E-state index in [1.54, 1.807) is 17.0 Å². The zero-order valence-corrected chi connectivity index (χ0v) is 11.0. The lowest BCUT2D eigenvalue weighted by atomic mass is 10.1. The van der Waals surface area contributed by atoms with Gasteiger partial charge in [0.25, 0.3) is 0 Å². The van der Waals surface area contributed by atoms with Gasteiger partial charge in [-0.1, -0.05) is 23.7 Å². The average molecular weight is 284 g/mol. The molecule has 5 nitrogen and oxygen atoms in total. The number of hydrogen-bond donors (Lipinski definition) is 1. The summed E-state index contributed by atoms with van der Waals surface area (Å²) in [5, 5.41) is 9.49. The van der Waals surface area contributed by atoms with Gasteiger partial charge in [0, 0.05) is 11.6 Å². The molecule has 0 saturated carbocycles. The Bertz CT molecular complexity index is 474. The van der Waals surface area contributed by atoms with E-state index < -0.39 is 12.0 Å². The number of carboxylic acid groups (broad SMARTS) is 1. The van der Waals surface area contributed by atoms with Crippen molar-refractivity contribution in [3.63, 3.8) is 0 Å². The molecule has 2 rings (SSSR count). The zero-order chi connectivity index (χ0) is 13.8. The number of nitrogens with zero attached hydrogens (tertiary/aromatic N) is 1. The van der Waals surface area contributed by atoms with Crippen LogP contribution >= 0.6 is 11.6 Å². The highest BCUT2D eigenvalue weighted by Crippen LogP contribution is 2.17. The monoisotopic (exact) mass is 283 g/mol. The van der Waals surface area contributed by atoms with Crippen LogP contribution in [-0.4, -0.2) is 41.1 Å². The minimum atomic E-state index is -0.940. The number of amides is 1. The van der Waals surface area contributed by atoms with Crippen molar-refractivity contribution in [2.24, 2.45) is 0 Å². The molecule has 0 aromatic heterocycles. The molecule has 1 unspecified atom stereocenters. The number of carbonyl (C=O) groups is 2. The lowest BCUT2D eigenvalue weighted by Crippen LogP contribution is -2.49. The van der Waals surface area contributed by atoms with Crippen LogP contribution in [0.25, 0.3) is 0 Å². The maximum Gasteiger partial charge on any atom is 0.305 e. The van der Waals surface area contributed by atoms with Crippen LogP contribution in [0.1, 0.15) is 12.0 Å². The van der Waals surface area contributed by atoms with Gasteiger partial charge in [0.05, 0.1) is 19.1 Å². The van der Waals surface area contributed by atoms with E-state index in [4.69, 9.17) is 21.4 Å². The van der Waals surface area contributed by atoms with Crippen molar-refractivity contribution in [1.29, 1.82) is 0 Å². The summed E-state index contributed by atoms with van der Waals surface area (Å²) >= 11 is 5.80. The Morgan fingerprint density at radius 2 is 2.11 bits per heavy atom. The van der Waals surface area contributed by atoms with E-state index in [1.807, 2.05) is 12.1 Å². The van der Waals surface area contributed by atoms with Crippen LogP contribution in [0.2, 0.25) is 5.02 Å². The number of rotatable bonds is 4. The molecular weight excluding hydrogens is 270 g/mol. The zero-order valence-electron chi connectivity index (χ0n) is 10.2. The number of halogens is 1. The fourth-order valence-corrected chi connectivity index (χ4v) is 2.16. The van der Waals surface area contributed by atoms with Gasteiger partial charge in [-0.25, -0.2) is 0 Å². The van der Waals surface area contributed by atoms with Gasteiger partial charge in [-0.15, -0.1) is 0 Å². The van der Waals surface area contributed by atoms with Crippen molar-refractivity contribution in [3.05, 3.63) is 34.9 Å². The first-order valence-electron chi connectivity index (χ1n) is 5.89. The Balaban J connectivity index is 2.10. The fraction of sp³-hybridized carbons (Fsp3) is 0.385. The van der Waals surface area contributed by atoms with Gasteiger partial charge in [-0.3, -0.25) is 9.59 Å². The molecule has 0 aliphatic carbocycles. The standard InChI is InChI=1S/C13H14ClNO4/c14-10-3-1-9(2-4-10)6-15-11(5-13(17)18)7-19-8-12(15)16/h1-4,11H,5-8H2,(H,17,18). The molecule has 1 fully saturated rings. The van der Waals surface area contributed by atoms with Gasteiger partial charge in [0.1, 0.15) is 6.61 Å². The number of morpholine rings is 1. The predicted octanol–water partition coefficient (Wildman–Crippen LogP) is 1.54. The van der Waals surface area contributed by atoms with E-state index in [0.717, 1.165) is 5.56 Å². The van der Waals surface area contributed by atoms with Gasteiger partial charge in [0.2, 0.25) is 5.91 Å². The van der Waals surface area contributed by atoms with Crippen LogP contribution in [0.5, 0.6) is 0 Å². The maximum absolute atomic E-state index is 11.8. The Morgan fingerprint density at radius 3 is 2.74 bits per heavy atom. The molecule has 1 aliphatic heterocycles. The molecule has 1 N–H and O–H groups in total. The van der Waals surface area contributed by atoms with Crippen LogP contribution in [0.3, 0.4) is 0 Å². The first-order chi connectivity index (χ1) is 9.06. The fourth-order valence-electron chi connectivity index (χ4n) is 2.03. The lowest BCUT2D eigenvalue weighted by Gasteiger charge is -2.34. The van der Waals surface area contributed by atoms with Crippen molar-refractivity contribution in [2.75, 3.05) is 13.2 Å². The van der Waals surface area contributed by atoms with Gasteiger partial charge in [-0.05, 0) is 17.7 Å². The molecule has 1 amide bonds. The summed E-state index contributed by atoms with van der Waals surface area (Å²) in [6.07, 6.45) is -0.112. The van der Waals surface area contributed by atoms with Crippen molar-refractivity contribution in [3.8, 4) is 0 Å². The van der Waals surface area contributed by atoms with Crippen molar-refractivity contribution < 1.29 is 19.4 Å². The van der Waals surface area contributed by atoms with Gasteiger partial charge < -0.3 is 14.7 Å². The number of carboxylic acids is 1. The number of hydrogen-bond acceptors (Lipinski definition) is 3. The minimum absolute atomic E-state index is 0.00368. The van der Waals surface area contributed by atoms with E-state index >= 15 is 0 Å². The third-order valence-electron chi connectivity index (χ3n) is 2.97. The molecule has 19 heavy (non-hydrogen) atoms. The predicted molar refractivity (Wildman–Crippen MR) is 68.9 cm³/mol. The van der Waals surface area contributed by atoms with E-state index in [9.17, 15) is 9.59 Å². The van der Waals surface area contributed by atoms with Gasteiger partial charge in [-0.2, -0.15) is 0 Å². The van der Waals surface area contributed by atoms with Gasteiger partial charge in [0.15, 0.2) is 0 Å². The molecule has 1 heterocycles. The van der Waals surface area contributed by atoms with Crippen molar-refractivity contribution in [2.45, 2.75) is 19.0 Å². The highest BCUT2D eigenvalue weighted by atomic mass is 35.5. The Kier molecular flexibility index (Phi) is 4.39. The second kappa shape index (κ2) is 6.04. The molecule has 1 aliphatic rings. The van der Waals surface area contributed by atoms with Crippen LogP contribution < -0.4 is 0 Å². The van der Waals surface area contributed by atoms with Crippen molar-refractivity contribution in [1.82, 2.24) is 4.90 Å². The third-order valence-corrected chi connectivity index (χ3v) is 3.23. The van der Waals surface area contributed by atoms with Crippen LogP contribution in [0, 0.1) is 0 Å². The molecule has 6 heteroatoms.